The molecule has 1 aliphatic heterocycles. The number of likely N-dealkylation sites (tertiary alicyclic amines) is 1. The minimum absolute atomic E-state index is 0.0470. The molecule has 0 radical (unpaired) electrons. The molecule has 3 heterocycles. The van der Waals surface area contributed by atoms with E-state index in [1.807, 2.05) is 37.3 Å². The molecule has 8 heteroatoms. The molecule has 31 heavy (non-hydrogen) atoms. The van der Waals surface area contributed by atoms with E-state index < -0.39 is 0 Å². The predicted octanol–water partition coefficient (Wildman–Crippen LogP) is 4.64. The fourth-order valence-corrected chi connectivity index (χ4v) is 6.16. The lowest BCUT2D eigenvalue weighted by Gasteiger charge is -2.34. The molecule has 2 atom stereocenters. The molecule has 0 bridgehead atoms. The summed E-state index contributed by atoms with van der Waals surface area (Å²) in [6.07, 6.45) is 2.28. The van der Waals surface area contributed by atoms with E-state index in [2.05, 4.69) is 34.3 Å². The first kappa shape index (κ1) is 22.2. The summed E-state index contributed by atoms with van der Waals surface area (Å²) in [4.78, 5) is 20.3. The summed E-state index contributed by atoms with van der Waals surface area (Å²) < 4.78 is 0.830. The standard InChI is InChI=1S/C23H29N5OS2/c1-15-11-16(2)14-28(13-15)10-6-9-24-22(29)19-12-21(31-23-27-26-17(3)30-23)25-20-8-5-4-7-18(19)20/h4-5,7-8,12,15-16H,6,9-11,13-14H2,1-3H3,(H,24,29)/t15-,16-/m1/s1. The van der Waals surface area contributed by atoms with Gasteiger partial charge in [-0.1, -0.05) is 43.4 Å². The van der Waals surface area contributed by atoms with Crippen molar-refractivity contribution >= 4 is 39.9 Å². The number of fused-ring (bicyclic) bond motifs is 1. The lowest BCUT2D eigenvalue weighted by atomic mass is 9.92. The Labute approximate surface area is 191 Å². The number of para-hydroxylation sites is 1. The highest BCUT2D eigenvalue weighted by atomic mass is 32.2. The number of piperidine rings is 1. The predicted molar refractivity (Wildman–Crippen MR) is 127 cm³/mol. The number of hydrogen-bond acceptors (Lipinski definition) is 7. The van der Waals surface area contributed by atoms with Crippen molar-refractivity contribution in [3.63, 3.8) is 0 Å². The molecule has 1 aromatic carbocycles. The fourth-order valence-electron chi connectivity index (χ4n) is 4.37. The Bertz CT molecular complexity index is 1040. The van der Waals surface area contributed by atoms with Crippen LogP contribution in [0, 0.1) is 18.8 Å². The highest BCUT2D eigenvalue weighted by molar-refractivity contribution is 8.01. The van der Waals surface area contributed by atoms with Crippen LogP contribution in [0.5, 0.6) is 0 Å². The summed E-state index contributed by atoms with van der Waals surface area (Å²) >= 11 is 2.98. The number of carbonyl (C=O) groups is 1. The van der Waals surface area contributed by atoms with Gasteiger partial charge in [-0.15, -0.1) is 10.2 Å². The van der Waals surface area contributed by atoms with Crippen LogP contribution in [0.2, 0.25) is 0 Å². The Hall–Kier alpha value is -2.03. The van der Waals surface area contributed by atoms with Crippen molar-refractivity contribution in [3.8, 4) is 0 Å². The van der Waals surface area contributed by atoms with E-state index in [0.29, 0.717) is 12.1 Å². The first-order chi connectivity index (χ1) is 15.0. The molecular formula is C23H29N5OS2. The summed E-state index contributed by atoms with van der Waals surface area (Å²) in [5, 5.41) is 13.9. The van der Waals surface area contributed by atoms with Crippen LogP contribution in [0.25, 0.3) is 10.9 Å². The average molecular weight is 456 g/mol. The molecule has 1 fully saturated rings. The molecule has 2 aromatic heterocycles. The Morgan fingerprint density at radius 3 is 2.74 bits per heavy atom. The number of nitrogens with zero attached hydrogens (tertiary/aromatic N) is 4. The topological polar surface area (TPSA) is 71.0 Å². The number of aryl methyl sites for hydroxylation is 1. The molecule has 4 rings (SSSR count). The summed E-state index contributed by atoms with van der Waals surface area (Å²) in [7, 11) is 0. The summed E-state index contributed by atoms with van der Waals surface area (Å²) in [6, 6.07) is 9.66. The van der Waals surface area contributed by atoms with Gasteiger partial charge in [-0.05, 0) is 62.0 Å². The maximum absolute atomic E-state index is 13.0. The Balaban J connectivity index is 1.41. The van der Waals surface area contributed by atoms with Crippen LogP contribution < -0.4 is 5.32 Å². The second kappa shape index (κ2) is 10.1. The second-order valence-electron chi connectivity index (χ2n) is 8.53. The van der Waals surface area contributed by atoms with E-state index in [4.69, 9.17) is 4.98 Å². The Kier molecular flexibility index (Phi) is 7.20. The van der Waals surface area contributed by atoms with Crippen LogP contribution in [0.4, 0.5) is 0 Å². The first-order valence-electron chi connectivity index (χ1n) is 10.9. The molecule has 3 aromatic rings. The summed E-state index contributed by atoms with van der Waals surface area (Å²) in [6.45, 7) is 10.6. The molecule has 1 N–H and O–H groups in total. The van der Waals surface area contributed by atoms with Crippen LogP contribution in [-0.2, 0) is 0 Å². The highest BCUT2D eigenvalue weighted by Crippen LogP contribution is 2.31. The maximum atomic E-state index is 13.0. The summed E-state index contributed by atoms with van der Waals surface area (Å²) in [5.41, 5.74) is 1.48. The molecule has 6 nitrogen and oxygen atoms in total. The lowest BCUT2D eigenvalue weighted by molar-refractivity contribution is 0.0948. The smallest absolute Gasteiger partial charge is 0.252 e. The molecule has 0 aliphatic carbocycles. The fraction of sp³-hybridized carbons (Fsp3) is 0.478. The third-order valence-corrected chi connectivity index (χ3v) is 7.33. The molecule has 1 amide bonds. The van der Waals surface area contributed by atoms with Gasteiger partial charge in [0.05, 0.1) is 11.1 Å². The minimum atomic E-state index is -0.0470. The van der Waals surface area contributed by atoms with Crippen LogP contribution in [0.1, 0.15) is 42.1 Å². The van der Waals surface area contributed by atoms with Crippen LogP contribution in [0.3, 0.4) is 0 Å². The zero-order valence-electron chi connectivity index (χ0n) is 18.3. The van der Waals surface area contributed by atoms with Gasteiger partial charge >= 0.3 is 0 Å². The maximum Gasteiger partial charge on any atom is 0.252 e. The highest BCUT2D eigenvalue weighted by Gasteiger charge is 2.21. The second-order valence-corrected chi connectivity index (χ2v) is 11.0. The summed E-state index contributed by atoms with van der Waals surface area (Å²) in [5.74, 6) is 1.47. The van der Waals surface area contributed by atoms with Crippen LogP contribution in [0.15, 0.2) is 39.7 Å². The molecule has 0 unspecified atom stereocenters. The number of amides is 1. The zero-order valence-corrected chi connectivity index (χ0v) is 19.9. The number of hydrogen-bond donors (Lipinski definition) is 1. The van der Waals surface area contributed by atoms with Gasteiger partial charge in [0, 0.05) is 25.0 Å². The van der Waals surface area contributed by atoms with Crippen molar-refractivity contribution in [2.24, 2.45) is 11.8 Å². The van der Waals surface area contributed by atoms with Crippen molar-refractivity contribution in [2.75, 3.05) is 26.2 Å². The van der Waals surface area contributed by atoms with E-state index in [9.17, 15) is 4.79 Å². The molecule has 164 valence electrons. The van der Waals surface area contributed by atoms with E-state index in [1.54, 1.807) is 0 Å². The lowest BCUT2D eigenvalue weighted by Crippen LogP contribution is -2.40. The van der Waals surface area contributed by atoms with E-state index in [-0.39, 0.29) is 5.91 Å². The van der Waals surface area contributed by atoms with Gasteiger partial charge in [0.2, 0.25) is 0 Å². The molecule has 0 spiro atoms. The zero-order chi connectivity index (χ0) is 21.8. The van der Waals surface area contributed by atoms with Crippen molar-refractivity contribution in [1.82, 2.24) is 25.4 Å². The SMILES string of the molecule is Cc1nnc(Sc2cc(C(=O)NCCCN3C[C@H](C)C[C@@H](C)C3)c3ccccc3n2)s1. The monoisotopic (exact) mass is 455 g/mol. The van der Waals surface area contributed by atoms with Crippen LogP contribution in [-0.4, -0.2) is 52.2 Å². The number of nitrogens with one attached hydrogen (secondary N) is 1. The van der Waals surface area contributed by atoms with Gasteiger partial charge in [-0.2, -0.15) is 0 Å². The largest absolute Gasteiger partial charge is 0.352 e. The third kappa shape index (κ3) is 5.81. The Morgan fingerprint density at radius 1 is 1.23 bits per heavy atom. The van der Waals surface area contributed by atoms with E-state index >= 15 is 0 Å². The Morgan fingerprint density at radius 2 is 2.00 bits per heavy atom. The number of carbonyl (C=O) groups excluding carboxylic acids is 1. The van der Waals surface area contributed by atoms with Gasteiger partial charge in [-0.3, -0.25) is 4.79 Å². The van der Waals surface area contributed by atoms with Crippen molar-refractivity contribution < 1.29 is 4.79 Å². The van der Waals surface area contributed by atoms with E-state index in [0.717, 1.165) is 50.1 Å². The number of benzene rings is 1. The van der Waals surface area contributed by atoms with Gasteiger partial charge in [0.15, 0.2) is 4.34 Å². The normalized spacial score (nSPS) is 19.6. The van der Waals surface area contributed by atoms with Gasteiger partial charge in [-0.25, -0.2) is 4.98 Å². The van der Waals surface area contributed by atoms with Crippen molar-refractivity contribution in [1.29, 1.82) is 0 Å². The first-order valence-corrected chi connectivity index (χ1v) is 12.5. The van der Waals surface area contributed by atoms with Gasteiger partial charge in [0.1, 0.15) is 10.0 Å². The van der Waals surface area contributed by atoms with Gasteiger partial charge in [0.25, 0.3) is 5.91 Å². The van der Waals surface area contributed by atoms with Crippen molar-refractivity contribution in [3.05, 3.63) is 40.9 Å². The van der Waals surface area contributed by atoms with Crippen LogP contribution >= 0.6 is 23.1 Å². The number of pyridine rings is 1. The van der Waals surface area contributed by atoms with E-state index in [1.165, 1.54) is 42.6 Å². The number of rotatable bonds is 7. The quantitative estimate of drug-likeness (QED) is 0.523. The van der Waals surface area contributed by atoms with Crippen molar-refractivity contribution in [2.45, 2.75) is 43.0 Å². The average Bonchev–Trinajstić information content (AvgIpc) is 3.14. The minimum Gasteiger partial charge on any atom is -0.352 e. The molecule has 0 saturated carbocycles. The van der Waals surface area contributed by atoms with Gasteiger partial charge < -0.3 is 10.2 Å². The molecular weight excluding hydrogens is 426 g/mol. The molecule has 1 aliphatic rings. The third-order valence-electron chi connectivity index (χ3n) is 5.52. The molecule has 1 saturated heterocycles. The number of aromatic nitrogens is 3.